The highest BCUT2D eigenvalue weighted by atomic mass is 19.1. The van der Waals surface area contributed by atoms with Crippen LogP contribution in [0.25, 0.3) is 0 Å². The van der Waals surface area contributed by atoms with E-state index < -0.39 is 0 Å². The fraction of sp³-hybridized carbons (Fsp3) is 0.294. The number of halogens is 1. The van der Waals surface area contributed by atoms with Crippen molar-refractivity contribution in [3.63, 3.8) is 0 Å². The van der Waals surface area contributed by atoms with Gasteiger partial charge >= 0.3 is 0 Å². The van der Waals surface area contributed by atoms with E-state index in [0.717, 1.165) is 24.0 Å². The Kier molecular flexibility index (Phi) is 4.69. The van der Waals surface area contributed by atoms with Crippen LogP contribution in [-0.4, -0.2) is 7.05 Å². The number of hydrogen-bond donors (Lipinski definition) is 1. The zero-order valence-electron chi connectivity index (χ0n) is 11.5. The predicted molar refractivity (Wildman–Crippen MR) is 77.7 cm³/mol. The van der Waals surface area contributed by atoms with E-state index in [1.165, 1.54) is 5.56 Å². The summed E-state index contributed by atoms with van der Waals surface area (Å²) >= 11 is 0. The summed E-state index contributed by atoms with van der Waals surface area (Å²) in [5.74, 6) is -0.103. The van der Waals surface area contributed by atoms with Crippen molar-refractivity contribution in [3.05, 3.63) is 71.0 Å². The molecule has 2 aromatic rings. The molecule has 0 aliphatic carbocycles. The minimum absolute atomic E-state index is 0.103. The summed E-state index contributed by atoms with van der Waals surface area (Å²) in [7, 11) is 1.95. The van der Waals surface area contributed by atoms with E-state index in [4.69, 9.17) is 0 Å². The molecule has 0 aliphatic heterocycles. The molecule has 2 rings (SSSR count). The molecule has 0 heterocycles. The molecule has 2 aromatic carbocycles. The van der Waals surface area contributed by atoms with Crippen LogP contribution in [0, 0.1) is 12.7 Å². The molecule has 0 saturated carbocycles. The minimum atomic E-state index is -0.103. The summed E-state index contributed by atoms with van der Waals surface area (Å²) in [5.41, 5.74) is 3.16. The quantitative estimate of drug-likeness (QED) is 0.852. The first-order valence-corrected chi connectivity index (χ1v) is 6.68. The van der Waals surface area contributed by atoms with E-state index in [-0.39, 0.29) is 11.9 Å². The molecule has 0 aliphatic rings. The van der Waals surface area contributed by atoms with E-state index in [1.54, 1.807) is 6.07 Å². The molecular formula is C17H20FN. The molecule has 0 radical (unpaired) electrons. The van der Waals surface area contributed by atoms with Crippen molar-refractivity contribution in [1.82, 2.24) is 5.32 Å². The lowest BCUT2D eigenvalue weighted by atomic mass is 9.98. The fourth-order valence-electron chi connectivity index (χ4n) is 2.36. The molecule has 1 unspecified atom stereocenters. The summed E-state index contributed by atoms with van der Waals surface area (Å²) in [6.45, 7) is 2.00. The normalized spacial score (nSPS) is 12.4. The maximum Gasteiger partial charge on any atom is 0.126 e. The van der Waals surface area contributed by atoms with Gasteiger partial charge in [0, 0.05) is 6.04 Å². The number of hydrogen-bond acceptors (Lipinski definition) is 1. The van der Waals surface area contributed by atoms with E-state index in [2.05, 4.69) is 17.4 Å². The van der Waals surface area contributed by atoms with Gasteiger partial charge in [0.25, 0.3) is 0 Å². The van der Waals surface area contributed by atoms with Gasteiger partial charge < -0.3 is 5.32 Å². The van der Waals surface area contributed by atoms with Gasteiger partial charge in [0.1, 0.15) is 5.82 Å². The number of rotatable bonds is 5. The molecule has 19 heavy (non-hydrogen) atoms. The number of aryl methyl sites for hydroxylation is 2. The van der Waals surface area contributed by atoms with Crippen LogP contribution in [0.15, 0.2) is 48.5 Å². The molecule has 0 fully saturated rings. The maximum absolute atomic E-state index is 13.7. The Morgan fingerprint density at radius 3 is 2.53 bits per heavy atom. The minimum Gasteiger partial charge on any atom is -0.313 e. The molecule has 0 amide bonds. The summed E-state index contributed by atoms with van der Waals surface area (Å²) < 4.78 is 13.7. The van der Waals surface area contributed by atoms with Crippen molar-refractivity contribution in [2.24, 2.45) is 0 Å². The summed E-state index contributed by atoms with van der Waals surface area (Å²) in [4.78, 5) is 0. The molecule has 1 atom stereocenters. The largest absolute Gasteiger partial charge is 0.313 e. The maximum atomic E-state index is 13.7. The van der Waals surface area contributed by atoms with Crippen LogP contribution in [0.5, 0.6) is 0 Å². The van der Waals surface area contributed by atoms with Gasteiger partial charge in [0.15, 0.2) is 0 Å². The first-order chi connectivity index (χ1) is 9.20. The van der Waals surface area contributed by atoms with Crippen molar-refractivity contribution < 1.29 is 4.39 Å². The first kappa shape index (κ1) is 13.8. The van der Waals surface area contributed by atoms with Gasteiger partial charge in [-0.3, -0.25) is 0 Å². The Bertz CT molecular complexity index is 522. The summed E-state index contributed by atoms with van der Waals surface area (Å²) in [6.07, 6.45) is 1.63. The van der Waals surface area contributed by atoms with Gasteiger partial charge in [-0.1, -0.05) is 48.0 Å². The van der Waals surface area contributed by atoms with Gasteiger partial charge in [-0.15, -0.1) is 0 Å². The highest BCUT2D eigenvalue weighted by Gasteiger charge is 2.10. The predicted octanol–water partition coefficient (Wildman–Crippen LogP) is 4.03. The second-order valence-corrected chi connectivity index (χ2v) is 4.89. The molecule has 0 bridgehead atoms. The Hall–Kier alpha value is -1.67. The standard InChI is InChI=1S/C17H20FN/c1-13-8-10-16(18)15(12-13)9-11-17(19-2)14-6-4-3-5-7-14/h3-8,10,12,17,19H,9,11H2,1-2H3. The van der Waals surface area contributed by atoms with Gasteiger partial charge in [-0.05, 0) is 44.0 Å². The van der Waals surface area contributed by atoms with Crippen molar-refractivity contribution in [2.45, 2.75) is 25.8 Å². The molecule has 2 heteroatoms. The third kappa shape index (κ3) is 3.65. The van der Waals surface area contributed by atoms with Crippen molar-refractivity contribution in [2.75, 3.05) is 7.05 Å². The second-order valence-electron chi connectivity index (χ2n) is 4.89. The van der Waals surface area contributed by atoms with Gasteiger partial charge in [0.05, 0.1) is 0 Å². The van der Waals surface area contributed by atoms with E-state index in [1.807, 2.05) is 44.3 Å². The average Bonchev–Trinajstić information content (AvgIpc) is 2.44. The van der Waals surface area contributed by atoms with Crippen molar-refractivity contribution >= 4 is 0 Å². The lowest BCUT2D eigenvalue weighted by molar-refractivity contribution is 0.534. The van der Waals surface area contributed by atoms with Gasteiger partial charge in [-0.2, -0.15) is 0 Å². The van der Waals surface area contributed by atoms with Crippen molar-refractivity contribution in [1.29, 1.82) is 0 Å². The zero-order valence-corrected chi connectivity index (χ0v) is 11.5. The third-order valence-corrected chi connectivity index (χ3v) is 3.45. The number of benzene rings is 2. The monoisotopic (exact) mass is 257 g/mol. The zero-order chi connectivity index (χ0) is 13.7. The third-order valence-electron chi connectivity index (χ3n) is 3.45. The Balaban J connectivity index is 2.06. The fourth-order valence-corrected chi connectivity index (χ4v) is 2.36. The van der Waals surface area contributed by atoms with Crippen LogP contribution < -0.4 is 5.32 Å². The molecular weight excluding hydrogens is 237 g/mol. The average molecular weight is 257 g/mol. The summed E-state index contributed by atoms with van der Waals surface area (Å²) in [6, 6.07) is 15.9. The molecule has 100 valence electrons. The van der Waals surface area contributed by atoms with E-state index in [0.29, 0.717) is 0 Å². The van der Waals surface area contributed by atoms with Crippen LogP contribution in [0.3, 0.4) is 0 Å². The Labute approximate surface area is 114 Å². The molecule has 0 saturated heterocycles. The van der Waals surface area contributed by atoms with Crippen LogP contribution >= 0.6 is 0 Å². The highest BCUT2D eigenvalue weighted by molar-refractivity contribution is 5.25. The lowest BCUT2D eigenvalue weighted by Crippen LogP contribution is -2.17. The van der Waals surface area contributed by atoms with E-state index >= 15 is 0 Å². The smallest absolute Gasteiger partial charge is 0.126 e. The second kappa shape index (κ2) is 6.48. The van der Waals surface area contributed by atoms with E-state index in [9.17, 15) is 4.39 Å². The highest BCUT2D eigenvalue weighted by Crippen LogP contribution is 2.20. The Morgan fingerprint density at radius 1 is 1.11 bits per heavy atom. The lowest BCUT2D eigenvalue weighted by Gasteiger charge is -2.17. The van der Waals surface area contributed by atoms with Crippen molar-refractivity contribution in [3.8, 4) is 0 Å². The molecule has 0 aromatic heterocycles. The molecule has 1 nitrogen and oxygen atoms in total. The van der Waals surface area contributed by atoms with Gasteiger partial charge in [-0.25, -0.2) is 4.39 Å². The topological polar surface area (TPSA) is 12.0 Å². The van der Waals surface area contributed by atoms with Crippen LogP contribution in [0.2, 0.25) is 0 Å². The van der Waals surface area contributed by atoms with Crippen LogP contribution in [0.1, 0.15) is 29.2 Å². The van der Waals surface area contributed by atoms with Crippen LogP contribution in [-0.2, 0) is 6.42 Å². The van der Waals surface area contributed by atoms with Crippen LogP contribution in [0.4, 0.5) is 4.39 Å². The SMILES string of the molecule is CNC(CCc1cc(C)ccc1F)c1ccccc1. The number of nitrogens with one attached hydrogen (secondary N) is 1. The summed E-state index contributed by atoms with van der Waals surface area (Å²) in [5, 5.41) is 3.30. The molecule has 1 N–H and O–H groups in total. The molecule has 0 spiro atoms. The first-order valence-electron chi connectivity index (χ1n) is 6.68. The Morgan fingerprint density at radius 2 is 1.84 bits per heavy atom. The van der Waals surface area contributed by atoms with Gasteiger partial charge in [0.2, 0.25) is 0 Å².